The number of hydrogen-bond donors (Lipinski definition) is 0. The fourth-order valence-electron chi connectivity index (χ4n) is 2.12. The van der Waals surface area contributed by atoms with Gasteiger partial charge in [0.2, 0.25) is 0 Å². The summed E-state index contributed by atoms with van der Waals surface area (Å²) in [6.07, 6.45) is 1.29. The van der Waals surface area contributed by atoms with Crippen LogP contribution >= 0.6 is 39.1 Å². The quantitative estimate of drug-likeness (QED) is 0.254. The third-order valence-corrected chi connectivity index (χ3v) is 4.53. The van der Waals surface area contributed by atoms with E-state index in [1.165, 1.54) is 18.2 Å². The molecule has 0 saturated carbocycles. The van der Waals surface area contributed by atoms with Crippen LogP contribution in [0.15, 0.2) is 46.4 Å². The Morgan fingerprint density at radius 2 is 1.52 bits per heavy atom. The second-order valence-corrected chi connectivity index (χ2v) is 7.00. The fraction of sp³-hybridized carbons (Fsp3) is 0.158. The molecule has 27 heavy (non-hydrogen) atoms. The van der Waals surface area contributed by atoms with E-state index in [9.17, 15) is 9.59 Å². The van der Waals surface area contributed by atoms with Crippen molar-refractivity contribution in [3.8, 4) is 5.75 Å². The summed E-state index contributed by atoms with van der Waals surface area (Å²) in [5.41, 5.74) is 1.08. The molecule has 0 N–H and O–H groups in total. The maximum Gasteiger partial charge on any atom is 0.345 e. The fourth-order valence-corrected chi connectivity index (χ4v) is 3.00. The summed E-state index contributed by atoms with van der Waals surface area (Å²) < 4.78 is 15.8. The second-order valence-electron chi connectivity index (χ2n) is 5.27. The molecular formula is C19H15BrCl2O5. The van der Waals surface area contributed by atoms with Crippen LogP contribution in [0, 0.1) is 0 Å². The van der Waals surface area contributed by atoms with Crippen molar-refractivity contribution in [1.29, 1.82) is 0 Å². The molecule has 2 rings (SSSR count). The maximum atomic E-state index is 11.8. The molecule has 0 amide bonds. The lowest BCUT2D eigenvalue weighted by atomic mass is 10.1. The van der Waals surface area contributed by atoms with Gasteiger partial charge in [0, 0.05) is 4.47 Å². The smallest absolute Gasteiger partial charge is 0.345 e. The van der Waals surface area contributed by atoms with Gasteiger partial charge >= 0.3 is 11.9 Å². The highest BCUT2D eigenvalue weighted by Crippen LogP contribution is 2.35. The zero-order valence-electron chi connectivity index (χ0n) is 14.4. The second kappa shape index (κ2) is 9.78. The molecule has 142 valence electrons. The van der Waals surface area contributed by atoms with Gasteiger partial charge in [-0.05, 0) is 41.5 Å². The Morgan fingerprint density at radius 1 is 1.00 bits per heavy atom. The average molecular weight is 474 g/mol. The average Bonchev–Trinajstić information content (AvgIpc) is 2.65. The van der Waals surface area contributed by atoms with E-state index in [0.29, 0.717) is 11.3 Å². The third kappa shape index (κ3) is 5.73. The molecule has 2 aromatic carbocycles. The molecule has 0 bridgehead atoms. The SMILES string of the molecule is COC(=O)C(=Cc1cc(Cl)c(OCc2ccc(Br)cc2)c(Cl)c1)C(=O)OC. The normalized spacial score (nSPS) is 10.1. The van der Waals surface area contributed by atoms with Crippen LogP contribution in [0.1, 0.15) is 11.1 Å². The predicted molar refractivity (Wildman–Crippen MR) is 107 cm³/mol. The van der Waals surface area contributed by atoms with Crippen molar-refractivity contribution in [1.82, 2.24) is 0 Å². The van der Waals surface area contributed by atoms with Crippen molar-refractivity contribution in [2.75, 3.05) is 14.2 Å². The van der Waals surface area contributed by atoms with Gasteiger partial charge in [-0.2, -0.15) is 0 Å². The standard InChI is InChI=1S/C19H15BrCl2O5/c1-25-18(23)14(19(24)26-2)7-12-8-15(21)17(16(22)9-12)27-10-11-3-5-13(20)6-4-11/h3-9H,10H2,1-2H3. The summed E-state index contributed by atoms with van der Waals surface area (Å²) in [4.78, 5) is 23.5. The molecule has 0 atom stereocenters. The number of hydrogen-bond acceptors (Lipinski definition) is 5. The highest BCUT2D eigenvalue weighted by molar-refractivity contribution is 9.10. The Kier molecular flexibility index (Phi) is 7.71. The summed E-state index contributed by atoms with van der Waals surface area (Å²) >= 11 is 15.9. The summed E-state index contributed by atoms with van der Waals surface area (Å²) in [6, 6.07) is 10.7. The zero-order chi connectivity index (χ0) is 20.0. The van der Waals surface area contributed by atoms with Gasteiger partial charge in [-0.25, -0.2) is 9.59 Å². The highest BCUT2D eigenvalue weighted by Gasteiger charge is 2.20. The van der Waals surface area contributed by atoms with Gasteiger partial charge in [0.1, 0.15) is 12.2 Å². The predicted octanol–water partition coefficient (Wildman–Crippen LogP) is 5.06. The number of benzene rings is 2. The van der Waals surface area contributed by atoms with Crippen LogP contribution in [0.3, 0.4) is 0 Å². The molecule has 0 spiro atoms. The first-order chi connectivity index (χ1) is 12.8. The van der Waals surface area contributed by atoms with E-state index >= 15 is 0 Å². The molecule has 0 saturated heterocycles. The largest absolute Gasteiger partial charge is 0.486 e. The Labute approximate surface area is 174 Å². The molecule has 0 aliphatic heterocycles. The van der Waals surface area contributed by atoms with E-state index < -0.39 is 11.9 Å². The first kappa shape index (κ1) is 21.3. The molecule has 0 fully saturated rings. The molecule has 0 radical (unpaired) electrons. The van der Waals surface area contributed by atoms with Crippen molar-refractivity contribution < 1.29 is 23.8 Å². The third-order valence-electron chi connectivity index (χ3n) is 3.44. The minimum absolute atomic E-state index is 0.236. The van der Waals surface area contributed by atoms with E-state index in [1.54, 1.807) is 0 Å². The van der Waals surface area contributed by atoms with E-state index in [1.807, 2.05) is 24.3 Å². The Hall–Kier alpha value is -2.02. The van der Waals surface area contributed by atoms with Crippen LogP contribution in [-0.2, 0) is 25.7 Å². The first-order valence-electron chi connectivity index (χ1n) is 7.60. The maximum absolute atomic E-state index is 11.8. The van der Waals surface area contributed by atoms with Gasteiger partial charge in [0.15, 0.2) is 5.75 Å². The van der Waals surface area contributed by atoms with E-state index in [-0.39, 0.29) is 22.2 Å². The Bertz CT molecular complexity index is 837. The summed E-state index contributed by atoms with van der Waals surface area (Å²) in [6.45, 7) is 0.275. The van der Waals surface area contributed by atoms with Gasteiger partial charge in [-0.15, -0.1) is 0 Å². The summed E-state index contributed by atoms with van der Waals surface area (Å²) in [5.74, 6) is -1.36. The van der Waals surface area contributed by atoms with Crippen molar-refractivity contribution in [2.45, 2.75) is 6.61 Å². The molecular weight excluding hydrogens is 459 g/mol. The number of carbonyl (C=O) groups excluding carboxylic acids is 2. The lowest BCUT2D eigenvalue weighted by Crippen LogP contribution is -2.15. The highest BCUT2D eigenvalue weighted by atomic mass is 79.9. The monoisotopic (exact) mass is 472 g/mol. The van der Waals surface area contributed by atoms with Gasteiger partial charge < -0.3 is 14.2 Å². The van der Waals surface area contributed by atoms with Crippen molar-refractivity contribution >= 4 is 57.1 Å². The van der Waals surface area contributed by atoms with E-state index in [2.05, 4.69) is 25.4 Å². The number of methoxy groups -OCH3 is 2. The zero-order valence-corrected chi connectivity index (χ0v) is 17.5. The molecule has 0 aliphatic rings. The minimum Gasteiger partial charge on any atom is -0.486 e. The van der Waals surface area contributed by atoms with Crippen molar-refractivity contribution in [3.63, 3.8) is 0 Å². The van der Waals surface area contributed by atoms with Crippen molar-refractivity contribution in [3.05, 3.63) is 67.6 Å². The molecule has 0 aromatic heterocycles. The van der Waals surface area contributed by atoms with Crippen LogP contribution in [0.5, 0.6) is 5.75 Å². The van der Waals surface area contributed by atoms with E-state index in [0.717, 1.165) is 24.3 Å². The number of rotatable bonds is 6. The van der Waals surface area contributed by atoms with Crippen LogP contribution in [0.2, 0.25) is 10.0 Å². The number of halogens is 3. The topological polar surface area (TPSA) is 61.8 Å². The van der Waals surface area contributed by atoms with E-state index in [4.69, 9.17) is 27.9 Å². The molecule has 2 aromatic rings. The van der Waals surface area contributed by atoms with Gasteiger partial charge in [-0.3, -0.25) is 0 Å². The summed E-state index contributed by atoms with van der Waals surface area (Å²) in [5, 5.41) is 0.472. The Balaban J connectivity index is 2.27. The molecule has 5 nitrogen and oxygen atoms in total. The number of carbonyl (C=O) groups is 2. The minimum atomic E-state index is -0.829. The molecule has 0 unspecified atom stereocenters. The lowest BCUT2D eigenvalue weighted by Gasteiger charge is -2.11. The van der Waals surface area contributed by atoms with Gasteiger partial charge in [0.05, 0.1) is 24.3 Å². The lowest BCUT2D eigenvalue weighted by molar-refractivity contribution is -0.143. The van der Waals surface area contributed by atoms with Crippen LogP contribution in [0.4, 0.5) is 0 Å². The number of ether oxygens (including phenoxy) is 3. The molecule has 8 heteroatoms. The van der Waals surface area contributed by atoms with Crippen LogP contribution in [0.25, 0.3) is 6.08 Å². The Morgan fingerprint density at radius 3 is 2.00 bits per heavy atom. The van der Waals surface area contributed by atoms with Crippen molar-refractivity contribution in [2.24, 2.45) is 0 Å². The first-order valence-corrected chi connectivity index (χ1v) is 9.15. The van der Waals surface area contributed by atoms with Crippen LogP contribution < -0.4 is 4.74 Å². The molecule has 0 aliphatic carbocycles. The van der Waals surface area contributed by atoms with Crippen LogP contribution in [-0.4, -0.2) is 26.2 Å². The summed E-state index contributed by atoms with van der Waals surface area (Å²) in [7, 11) is 2.33. The van der Waals surface area contributed by atoms with Gasteiger partial charge in [-0.1, -0.05) is 51.3 Å². The molecule has 0 heterocycles. The number of esters is 2. The van der Waals surface area contributed by atoms with Gasteiger partial charge in [0.25, 0.3) is 0 Å².